The van der Waals surface area contributed by atoms with Crippen molar-refractivity contribution in [2.24, 2.45) is 0 Å². The second-order valence-electron chi connectivity index (χ2n) is 7.39. The Hall–Kier alpha value is -0.630. The van der Waals surface area contributed by atoms with Crippen molar-refractivity contribution in [3.63, 3.8) is 0 Å². The average molecular weight is 397 g/mol. The molecule has 0 aliphatic rings. The second-order valence-corrected chi connectivity index (χ2v) is 9.42. The number of hydrogen-bond acceptors (Lipinski definition) is 3. The summed E-state index contributed by atoms with van der Waals surface area (Å²) in [6.07, 6.45) is 15.9. The highest BCUT2D eigenvalue weighted by Gasteiger charge is 2.26. The van der Waals surface area contributed by atoms with Crippen LogP contribution in [0.1, 0.15) is 97.3 Å². The molecule has 1 aromatic rings. The van der Waals surface area contributed by atoms with E-state index in [0.717, 1.165) is 32.1 Å². The molecule has 1 unspecified atom stereocenters. The van der Waals surface area contributed by atoms with Gasteiger partial charge in [-0.15, -0.1) is 0 Å². The van der Waals surface area contributed by atoms with Crippen LogP contribution in [0.15, 0.2) is 30.3 Å². The molecule has 27 heavy (non-hydrogen) atoms. The van der Waals surface area contributed by atoms with E-state index in [1.165, 1.54) is 51.4 Å². The number of rotatable bonds is 18. The monoisotopic (exact) mass is 396 g/mol. The lowest BCUT2D eigenvalue weighted by Gasteiger charge is -2.19. The van der Waals surface area contributed by atoms with E-state index in [1.54, 1.807) is 0 Å². The standard InChI is InChI=1S/C23H41O3P/c1-3-5-7-8-9-10-11-12-13-18-22-26-27(24,25-21-17-6-4-2)23-19-15-14-16-20-23/h14-16,19-20H,3-13,17-18,21-22H2,1-2H3. The van der Waals surface area contributed by atoms with Crippen molar-refractivity contribution in [3.8, 4) is 0 Å². The van der Waals surface area contributed by atoms with Crippen molar-refractivity contribution < 1.29 is 13.6 Å². The topological polar surface area (TPSA) is 35.5 Å². The van der Waals surface area contributed by atoms with Gasteiger partial charge in [-0.1, -0.05) is 103 Å². The summed E-state index contributed by atoms with van der Waals surface area (Å²) in [6.45, 7) is 5.42. The summed E-state index contributed by atoms with van der Waals surface area (Å²) in [6, 6.07) is 9.40. The van der Waals surface area contributed by atoms with E-state index < -0.39 is 7.60 Å². The Labute approximate surface area is 167 Å². The summed E-state index contributed by atoms with van der Waals surface area (Å²) in [4.78, 5) is 0. The Morgan fingerprint density at radius 3 is 1.56 bits per heavy atom. The third-order valence-electron chi connectivity index (χ3n) is 4.84. The van der Waals surface area contributed by atoms with E-state index in [-0.39, 0.29) is 0 Å². The molecule has 0 saturated carbocycles. The molecule has 0 fully saturated rings. The Morgan fingerprint density at radius 2 is 1.04 bits per heavy atom. The van der Waals surface area contributed by atoms with Gasteiger partial charge in [0.2, 0.25) is 0 Å². The first kappa shape index (κ1) is 24.4. The minimum absolute atomic E-state index is 0.498. The molecule has 0 N–H and O–H groups in total. The van der Waals surface area contributed by atoms with Gasteiger partial charge in [0.05, 0.1) is 18.5 Å². The van der Waals surface area contributed by atoms with Crippen molar-refractivity contribution in [1.82, 2.24) is 0 Å². The Balaban J connectivity index is 2.23. The van der Waals surface area contributed by atoms with Gasteiger partial charge in [-0.25, -0.2) is 0 Å². The minimum atomic E-state index is -3.19. The van der Waals surface area contributed by atoms with Gasteiger partial charge in [0, 0.05) is 0 Å². The van der Waals surface area contributed by atoms with Crippen LogP contribution in [0.2, 0.25) is 0 Å². The van der Waals surface area contributed by atoms with Gasteiger partial charge in [-0.3, -0.25) is 4.57 Å². The number of unbranched alkanes of at least 4 members (excludes halogenated alkanes) is 11. The van der Waals surface area contributed by atoms with Gasteiger partial charge in [-0.05, 0) is 25.0 Å². The molecule has 0 aromatic heterocycles. The maximum Gasteiger partial charge on any atom is 0.361 e. The largest absolute Gasteiger partial charge is 0.361 e. The summed E-state index contributed by atoms with van der Waals surface area (Å²) < 4.78 is 24.7. The van der Waals surface area contributed by atoms with Gasteiger partial charge >= 0.3 is 7.60 Å². The van der Waals surface area contributed by atoms with E-state index in [4.69, 9.17) is 9.05 Å². The predicted octanol–water partition coefficient (Wildman–Crippen LogP) is 7.65. The third-order valence-corrected chi connectivity index (χ3v) is 6.82. The smallest absolute Gasteiger partial charge is 0.305 e. The van der Waals surface area contributed by atoms with Crippen LogP contribution in [0.4, 0.5) is 0 Å². The van der Waals surface area contributed by atoms with Crippen molar-refractivity contribution in [1.29, 1.82) is 0 Å². The Kier molecular flexibility index (Phi) is 14.8. The Morgan fingerprint density at radius 1 is 0.630 bits per heavy atom. The summed E-state index contributed by atoms with van der Waals surface area (Å²) in [7, 11) is -3.19. The fourth-order valence-corrected chi connectivity index (χ4v) is 4.76. The van der Waals surface area contributed by atoms with Gasteiger partial charge in [0.1, 0.15) is 0 Å². The molecule has 0 aliphatic heterocycles. The normalized spacial score (nSPS) is 13.6. The fraction of sp³-hybridized carbons (Fsp3) is 0.739. The number of benzene rings is 1. The molecule has 4 heteroatoms. The minimum Gasteiger partial charge on any atom is -0.305 e. The van der Waals surface area contributed by atoms with E-state index in [2.05, 4.69) is 13.8 Å². The Bertz CT molecular complexity index is 490. The molecule has 1 rings (SSSR count). The molecule has 0 radical (unpaired) electrons. The van der Waals surface area contributed by atoms with E-state index in [9.17, 15) is 4.57 Å². The molecule has 0 aliphatic carbocycles. The first-order valence-electron chi connectivity index (χ1n) is 11.2. The molecule has 0 amide bonds. The first-order chi connectivity index (χ1) is 13.2. The maximum absolute atomic E-state index is 13.2. The van der Waals surface area contributed by atoms with Crippen molar-refractivity contribution >= 4 is 12.9 Å². The summed E-state index contributed by atoms with van der Waals surface area (Å²) in [5.41, 5.74) is 0. The average Bonchev–Trinajstić information content (AvgIpc) is 2.70. The summed E-state index contributed by atoms with van der Waals surface area (Å²) in [5, 5.41) is 0.675. The van der Waals surface area contributed by atoms with Crippen LogP contribution in [-0.4, -0.2) is 13.2 Å². The molecular weight excluding hydrogens is 355 g/mol. The molecule has 156 valence electrons. The van der Waals surface area contributed by atoms with Crippen LogP contribution in [0.3, 0.4) is 0 Å². The van der Waals surface area contributed by atoms with Gasteiger partial charge < -0.3 is 9.05 Å². The zero-order valence-electron chi connectivity index (χ0n) is 17.7. The lowest BCUT2D eigenvalue weighted by Crippen LogP contribution is -2.11. The van der Waals surface area contributed by atoms with Crippen LogP contribution in [0.25, 0.3) is 0 Å². The zero-order valence-corrected chi connectivity index (χ0v) is 18.6. The fourth-order valence-electron chi connectivity index (χ4n) is 3.11. The van der Waals surface area contributed by atoms with Crippen LogP contribution >= 0.6 is 7.60 Å². The molecule has 1 atom stereocenters. The maximum atomic E-state index is 13.2. The van der Waals surface area contributed by atoms with Gasteiger partial charge in [0.15, 0.2) is 0 Å². The third kappa shape index (κ3) is 11.7. The van der Waals surface area contributed by atoms with Crippen LogP contribution < -0.4 is 5.30 Å². The van der Waals surface area contributed by atoms with E-state index in [1.807, 2.05) is 30.3 Å². The van der Waals surface area contributed by atoms with Crippen molar-refractivity contribution in [3.05, 3.63) is 30.3 Å². The van der Waals surface area contributed by atoms with E-state index >= 15 is 0 Å². The molecule has 0 bridgehead atoms. The molecular formula is C23H41O3P. The lowest BCUT2D eigenvalue weighted by molar-refractivity contribution is 0.206. The van der Waals surface area contributed by atoms with Crippen LogP contribution in [0, 0.1) is 0 Å². The van der Waals surface area contributed by atoms with Crippen LogP contribution in [0.5, 0.6) is 0 Å². The van der Waals surface area contributed by atoms with E-state index in [0.29, 0.717) is 18.5 Å². The van der Waals surface area contributed by atoms with Crippen LogP contribution in [-0.2, 0) is 13.6 Å². The molecule has 0 heterocycles. The highest BCUT2D eigenvalue weighted by atomic mass is 31.2. The van der Waals surface area contributed by atoms with Crippen molar-refractivity contribution in [2.45, 2.75) is 97.3 Å². The molecule has 3 nitrogen and oxygen atoms in total. The summed E-state index contributed by atoms with van der Waals surface area (Å²) >= 11 is 0. The zero-order chi connectivity index (χ0) is 19.6. The SMILES string of the molecule is CCCCCCCCCCCCOP(=O)(OCCCCC)c1ccccc1. The van der Waals surface area contributed by atoms with Gasteiger partial charge in [-0.2, -0.15) is 0 Å². The molecule has 0 saturated heterocycles. The second kappa shape index (κ2) is 16.3. The lowest BCUT2D eigenvalue weighted by atomic mass is 10.1. The van der Waals surface area contributed by atoms with Gasteiger partial charge in [0.25, 0.3) is 0 Å². The highest BCUT2D eigenvalue weighted by molar-refractivity contribution is 7.62. The molecule has 1 aromatic carbocycles. The highest BCUT2D eigenvalue weighted by Crippen LogP contribution is 2.47. The quantitative estimate of drug-likeness (QED) is 0.189. The molecule has 0 spiro atoms. The predicted molar refractivity (Wildman–Crippen MR) is 117 cm³/mol. The summed E-state index contributed by atoms with van der Waals surface area (Å²) in [5.74, 6) is 0. The van der Waals surface area contributed by atoms with Crippen molar-refractivity contribution in [2.75, 3.05) is 13.2 Å². The first-order valence-corrected chi connectivity index (χ1v) is 12.7. The number of hydrogen-bond donors (Lipinski definition) is 0.